The van der Waals surface area contributed by atoms with Crippen LogP contribution < -0.4 is 26.6 Å². The number of hydrogen-bond acceptors (Lipinski definition) is 11. The van der Waals surface area contributed by atoms with Gasteiger partial charge in [-0.1, -0.05) is 27.0 Å². The van der Waals surface area contributed by atoms with E-state index in [1.807, 2.05) is 6.92 Å². The van der Waals surface area contributed by atoms with E-state index in [2.05, 4.69) is 26.6 Å². The summed E-state index contributed by atoms with van der Waals surface area (Å²) < 4.78 is 120. The lowest BCUT2D eigenvalue weighted by atomic mass is 9.94. The van der Waals surface area contributed by atoms with Crippen LogP contribution in [0.5, 0.6) is 0 Å². The fourth-order valence-corrected chi connectivity index (χ4v) is 10.8. The molecule has 2 spiro atoms. The number of nitrogens with zero attached hydrogens (tertiary/aromatic N) is 3. The second kappa shape index (κ2) is 24.2. The second-order valence-corrected chi connectivity index (χ2v) is 19.4. The molecule has 0 bridgehead atoms. The van der Waals surface area contributed by atoms with Crippen LogP contribution in [0.4, 0.5) is 65.7 Å². The molecule has 19 nitrogen and oxygen atoms in total. The third kappa shape index (κ3) is 11.5. The Morgan fingerprint density at radius 1 is 0.617 bits per heavy atom. The highest BCUT2D eigenvalue weighted by Crippen LogP contribution is 2.49. The van der Waals surface area contributed by atoms with E-state index in [-0.39, 0.29) is 85.8 Å². The first-order chi connectivity index (χ1) is 37.4. The molecule has 10 rings (SSSR count). The lowest BCUT2D eigenvalue weighted by Gasteiger charge is -2.30. The maximum atomic E-state index is 15.1. The molecule has 4 heterocycles. The number of carboxylic acids is 1. The number of aliphatic carboxylic acids is 1. The van der Waals surface area contributed by atoms with Crippen molar-refractivity contribution in [2.45, 2.75) is 115 Å². The number of likely N-dealkylation sites (tertiary alicyclic amines) is 1. The normalized spacial score (nSPS) is 22.8. The molecule has 4 aromatic carbocycles. The van der Waals surface area contributed by atoms with Crippen molar-refractivity contribution in [3.8, 4) is 0 Å². The molecule has 0 aromatic heterocycles. The van der Waals surface area contributed by atoms with Gasteiger partial charge in [0.15, 0.2) is 34.9 Å². The molecule has 0 radical (unpaired) electrons. The zero-order chi connectivity index (χ0) is 57.6. The van der Waals surface area contributed by atoms with E-state index in [4.69, 9.17) is 14.6 Å². The standard InChI is InChI=1S/C26H24F4N4O5.C15H14FN3O6.C11H12F3N.2CH4/c1-12-3-6-19(13-9-16(27)22(30)17(28)10-13)34(12)20(35)11-33-23(36)26(39-25(33)38)8-7-14-15(26)4-5-18(21(14)29)32-24(37)31-2;1-17-13(23)18-9-3-2-8-7(11(9)16)4-5-15(8)12(22)19(6-10(20)21)14(24)25-15;1-6-2-3-10(15-6)7-4-8(12)11(14)9(13)5-7;;/h4-5,9-10,12,19H,3,6-8,11H2,1-2H3,(H2,31,32,37);2-3H,4-6H2,1H3,(H,20,21)(H2,17,18,23);4-6,10,15H,2-3H2,1H3;2*1H4/t12-,19-,26+;15-;6-,10-;;/m010../s1. The van der Waals surface area contributed by atoms with Gasteiger partial charge in [-0.15, -0.1) is 0 Å². The highest BCUT2D eigenvalue weighted by atomic mass is 19.2. The first-order valence-electron chi connectivity index (χ1n) is 24.6. The monoisotopic (exact) mass is 1150 g/mol. The minimum atomic E-state index is -1.82. The fourth-order valence-electron chi connectivity index (χ4n) is 10.8. The van der Waals surface area contributed by atoms with Gasteiger partial charge in [0.05, 0.1) is 17.4 Å². The Balaban J connectivity index is 0.000000215. The highest BCUT2D eigenvalue weighted by Gasteiger charge is 2.60. The summed E-state index contributed by atoms with van der Waals surface area (Å²) in [5, 5.41) is 21.3. The molecule has 0 saturated carbocycles. The quantitative estimate of drug-likeness (QED) is 0.0716. The Morgan fingerprint density at radius 3 is 1.46 bits per heavy atom. The van der Waals surface area contributed by atoms with Crippen molar-refractivity contribution in [3.63, 3.8) is 0 Å². The number of carboxylic acid groups (broad SMARTS) is 1. The number of ether oxygens (including phenoxy) is 2. The van der Waals surface area contributed by atoms with Gasteiger partial charge in [-0.3, -0.25) is 19.2 Å². The van der Waals surface area contributed by atoms with E-state index in [0.29, 0.717) is 34.2 Å². The summed E-state index contributed by atoms with van der Waals surface area (Å²) in [6, 6.07) is 6.90. The molecule has 6 aliphatic rings. The van der Waals surface area contributed by atoms with E-state index in [1.54, 1.807) is 6.92 Å². The predicted octanol–water partition coefficient (Wildman–Crippen LogP) is 8.84. The highest BCUT2D eigenvalue weighted by molar-refractivity contribution is 6.07. The molecule has 6 atom stereocenters. The molecule has 2 aliphatic carbocycles. The number of benzene rings is 4. The van der Waals surface area contributed by atoms with Crippen LogP contribution in [0.3, 0.4) is 0 Å². The van der Waals surface area contributed by atoms with E-state index in [0.717, 1.165) is 37.1 Å². The van der Waals surface area contributed by atoms with Gasteiger partial charge in [-0.25, -0.2) is 64.1 Å². The molecule has 81 heavy (non-hydrogen) atoms. The SMILES string of the molecule is C.C.CNC(=O)Nc1ccc2c(c1F)CC[C@@]21OC(=O)N(CC(=O)N2[C@@H](C)CC[C@H]2c2cc(F)c(F)c(F)c2)C1=O.CNC(=O)Nc1ccc2c(c1F)CC[C@@]21OC(=O)N(CC(=O)O)C1=O.C[C@H]1CC[C@@H](c2cc(F)c(F)c(F)c2)N1. The summed E-state index contributed by atoms with van der Waals surface area (Å²) in [4.78, 5) is 100. The minimum Gasteiger partial charge on any atom is -0.480 e. The summed E-state index contributed by atoms with van der Waals surface area (Å²) in [6.07, 6.45) is 0.513. The first-order valence-corrected chi connectivity index (χ1v) is 24.6. The number of carbonyl (C=O) groups is 8. The van der Waals surface area contributed by atoms with Gasteiger partial charge in [-0.05, 0) is 111 Å². The molecule has 4 saturated heterocycles. The Hall–Kier alpha value is -8.36. The van der Waals surface area contributed by atoms with Gasteiger partial charge in [0.2, 0.25) is 17.1 Å². The van der Waals surface area contributed by atoms with Gasteiger partial charge in [-0.2, -0.15) is 0 Å². The maximum Gasteiger partial charge on any atom is 0.418 e. The number of hydrogen-bond donors (Lipinski definition) is 6. The summed E-state index contributed by atoms with van der Waals surface area (Å²) in [6.45, 7) is 2.19. The Kier molecular flexibility index (Phi) is 18.4. The number of amides is 9. The molecule has 4 aromatic rings. The van der Waals surface area contributed by atoms with Gasteiger partial charge < -0.3 is 46.1 Å². The van der Waals surface area contributed by atoms with Crippen LogP contribution in [0.15, 0.2) is 48.5 Å². The van der Waals surface area contributed by atoms with Crippen LogP contribution in [-0.2, 0) is 52.7 Å². The fraction of sp³-hybridized carbons (Fsp3) is 0.407. The number of carbonyl (C=O) groups excluding carboxylic acids is 7. The molecule has 27 heteroatoms. The van der Waals surface area contributed by atoms with Gasteiger partial charge in [0.25, 0.3) is 11.8 Å². The third-order valence-electron chi connectivity index (χ3n) is 14.6. The Bertz CT molecular complexity index is 3180. The molecule has 4 fully saturated rings. The number of nitrogens with one attached hydrogen (secondary N) is 5. The van der Waals surface area contributed by atoms with Crippen molar-refractivity contribution in [2.24, 2.45) is 0 Å². The van der Waals surface area contributed by atoms with Crippen molar-refractivity contribution >= 4 is 59.3 Å². The number of anilines is 2. The van der Waals surface area contributed by atoms with Crippen molar-refractivity contribution < 1.29 is 88.1 Å². The molecule has 9 amide bonds. The lowest BCUT2D eigenvalue weighted by Crippen LogP contribution is -2.46. The van der Waals surface area contributed by atoms with E-state index >= 15 is 4.39 Å². The largest absolute Gasteiger partial charge is 0.480 e. The summed E-state index contributed by atoms with van der Waals surface area (Å²) in [7, 11) is 2.74. The average Bonchev–Trinajstić information content (AvgIpc) is 4.47. The van der Waals surface area contributed by atoms with Crippen LogP contribution >= 0.6 is 0 Å². The van der Waals surface area contributed by atoms with Crippen molar-refractivity contribution in [1.82, 2.24) is 30.7 Å². The summed E-state index contributed by atoms with van der Waals surface area (Å²) in [5.74, 6) is -13.2. The van der Waals surface area contributed by atoms with Crippen LogP contribution in [0.25, 0.3) is 0 Å². The number of imide groups is 2. The third-order valence-corrected chi connectivity index (χ3v) is 14.6. The summed E-state index contributed by atoms with van der Waals surface area (Å²) >= 11 is 0. The zero-order valence-corrected chi connectivity index (χ0v) is 42.4. The second-order valence-electron chi connectivity index (χ2n) is 19.4. The van der Waals surface area contributed by atoms with E-state index in [1.165, 1.54) is 43.3 Å². The number of rotatable bonds is 8. The van der Waals surface area contributed by atoms with Gasteiger partial charge in [0, 0.05) is 56.2 Å². The molecule has 436 valence electrons. The molecule has 4 aliphatic heterocycles. The molecular weight excluding hydrogens is 1090 g/mol. The number of halogens is 8. The lowest BCUT2D eigenvalue weighted by molar-refractivity contribution is -0.144. The van der Waals surface area contributed by atoms with Crippen LogP contribution in [0, 0.1) is 46.5 Å². The van der Waals surface area contributed by atoms with Crippen LogP contribution in [0.1, 0.15) is 113 Å². The molecular formula is C54H58F8N8O11. The zero-order valence-electron chi connectivity index (χ0n) is 42.4. The van der Waals surface area contributed by atoms with Crippen LogP contribution in [-0.4, -0.2) is 107 Å². The van der Waals surface area contributed by atoms with Gasteiger partial charge >= 0.3 is 30.2 Å². The van der Waals surface area contributed by atoms with Gasteiger partial charge in [0.1, 0.15) is 24.7 Å². The Labute approximate surface area is 458 Å². The van der Waals surface area contributed by atoms with E-state index < -0.39 is 131 Å². The molecule has 0 unspecified atom stereocenters. The Morgan fingerprint density at radius 2 is 1.05 bits per heavy atom. The van der Waals surface area contributed by atoms with E-state index in [9.17, 15) is 69.1 Å². The smallest absolute Gasteiger partial charge is 0.418 e. The van der Waals surface area contributed by atoms with Crippen molar-refractivity contribution in [1.29, 1.82) is 0 Å². The number of urea groups is 2. The first kappa shape index (κ1) is 61.8. The predicted molar refractivity (Wildman–Crippen MR) is 272 cm³/mol. The molecule has 6 N–H and O–H groups in total. The van der Waals surface area contributed by atoms with Crippen molar-refractivity contribution in [2.75, 3.05) is 37.8 Å². The average molecular weight is 1150 g/mol. The maximum absolute atomic E-state index is 15.1. The summed E-state index contributed by atoms with van der Waals surface area (Å²) in [5.41, 5.74) is -2.65. The minimum absolute atomic E-state index is 0. The topological polar surface area (TPSA) is 245 Å². The van der Waals surface area contributed by atoms with Crippen LogP contribution in [0.2, 0.25) is 0 Å². The van der Waals surface area contributed by atoms with Crippen molar-refractivity contribution in [3.05, 3.63) is 128 Å². The number of fused-ring (bicyclic) bond motifs is 4.